The smallest absolute Gasteiger partial charge is 0.306 e. The average Bonchev–Trinajstić information content (AvgIpc) is 2.64. The molecule has 2 nitrogen and oxygen atoms in total. The predicted octanol–water partition coefficient (Wildman–Crippen LogP) is 2.63. The summed E-state index contributed by atoms with van der Waals surface area (Å²) in [6, 6.07) is 4.04. The van der Waals surface area contributed by atoms with E-state index in [1.165, 1.54) is 4.88 Å². The normalized spacial score (nSPS) is 9.92. The van der Waals surface area contributed by atoms with E-state index in [0.29, 0.717) is 13.0 Å². The summed E-state index contributed by atoms with van der Waals surface area (Å²) in [6.07, 6.45) is 2.20. The van der Waals surface area contributed by atoms with Crippen LogP contribution in [-0.2, 0) is 16.0 Å². The lowest BCUT2D eigenvalue weighted by Gasteiger charge is -2.01. The number of thiophene rings is 1. The van der Waals surface area contributed by atoms with Gasteiger partial charge in [0.05, 0.1) is 13.0 Å². The van der Waals surface area contributed by atoms with Crippen molar-refractivity contribution in [3.05, 3.63) is 22.4 Å². The van der Waals surface area contributed by atoms with E-state index >= 15 is 0 Å². The van der Waals surface area contributed by atoms with Crippen LogP contribution in [0.25, 0.3) is 0 Å². The van der Waals surface area contributed by atoms with Gasteiger partial charge in [-0.3, -0.25) is 4.79 Å². The summed E-state index contributed by atoms with van der Waals surface area (Å²) in [5, 5.41) is 2.02. The molecule has 0 saturated heterocycles. The second kappa shape index (κ2) is 5.75. The molecule has 0 saturated carbocycles. The van der Waals surface area contributed by atoms with Crippen molar-refractivity contribution in [2.24, 2.45) is 0 Å². The van der Waals surface area contributed by atoms with Crippen LogP contribution in [0.2, 0.25) is 0 Å². The largest absolute Gasteiger partial charge is 0.466 e. The highest BCUT2D eigenvalue weighted by Gasteiger charge is 2.02. The van der Waals surface area contributed by atoms with Crippen LogP contribution in [0.3, 0.4) is 0 Å². The summed E-state index contributed by atoms with van der Waals surface area (Å²) >= 11 is 1.68. The molecule has 72 valence electrons. The molecule has 0 N–H and O–H groups in total. The Bertz CT molecular complexity index is 241. The minimum atomic E-state index is -0.0877. The van der Waals surface area contributed by atoms with Crippen LogP contribution in [0.15, 0.2) is 17.5 Å². The van der Waals surface area contributed by atoms with E-state index in [-0.39, 0.29) is 5.97 Å². The van der Waals surface area contributed by atoms with Crippen molar-refractivity contribution in [3.63, 3.8) is 0 Å². The number of esters is 1. The van der Waals surface area contributed by atoms with Gasteiger partial charge in [-0.2, -0.15) is 0 Å². The van der Waals surface area contributed by atoms with Crippen molar-refractivity contribution >= 4 is 17.3 Å². The maximum absolute atomic E-state index is 11.1. The van der Waals surface area contributed by atoms with Crippen molar-refractivity contribution in [1.82, 2.24) is 0 Å². The Morgan fingerprint density at radius 3 is 3.08 bits per heavy atom. The van der Waals surface area contributed by atoms with Gasteiger partial charge in [0.2, 0.25) is 0 Å². The van der Waals surface area contributed by atoms with Crippen molar-refractivity contribution < 1.29 is 9.53 Å². The number of aryl methyl sites for hydroxylation is 1. The molecule has 1 aromatic rings. The molecule has 1 heterocycles. The Morgan fingerprint density at radius 1 is 1.62 bits per heavy atom. The number of hydrogen-bond acceptors (Lipinski definition) is 3. The molecule has 0 spiro atoms. The van der Waals surface area contributed by atoms with Gasteiger partial charge in [0, 0.05) is 4.88 Å². The average molecular weight is 198 g/mol. The summed E-state index contributed by atoms with van der Waals surface area (Å²) in [6.45, 7) is 2.54. The monoisotopic (exact) mass is 198 g/mol. The Balaban J connectivity index is 2.15. The van der Waals surface area contributed by atoms with Crippen LogP contribution in [-0.4, -0.2) is 12.6 Å². The van der Waals surface area contributed by atoms with E-state index in [9.17, 15) is 4.79 Å². The van der Waals surface area contributed by atoms with E-state index < -0.39 is 0 Å². The highest BCUT2D eigenvalue weighted by atomic mass is 32.1. The second-order valence-corrected chi connectivity index (χ2v) is 3.83. The Hall–Kier alpha value is -0.830. The highest BCUT2D eigenvalue weighted by molar-refractivity contribution is 7.09. The van der Waals surface area contributed by atoms with Gasteiger partial charge >= 0.3 is 5.97 Å². The van der Waals surface area contributed by atoms with E-state index in [2.05, 4.69) is 0 Å². The maximum Gasteiger partial charge on any atom is 0.306 e. The second-order valence-electron chi connectivity index (χ2n) is 2.80. The summed E-state index contributed by atoms with van der Waals surface area (Å²) in [5.41, 5.74) is 0. The van der Waals surface area contributed by atoms with Gasteiger partial charge in [-0.05, 0) is 24.3 Å². The third kappa shape index (κ3) is 4.08. The Kier molecular flexibility index (Phi) is 4.54. The molecule has 1 aromatic heterocycles. The summed E-state index contributed by atoms with van der Waals surface area (Å²) in [5.74, 6) is -0.0877. The maximum atomic E-state index is 11.1. The lowest BCUT2D eigenvalue weighted by Crippen LogP contribution is -2.05. The third-order valence-corrected chi connectivity index (χ3v) is 2.56. The molecule has 0 aliphatic rings. The van der Waals surface area contributed by atoms with Crippen LogP contribution in [0.4, 0.5) is 0 Å². The summed E-state index contributed by atoms with van der Waals surface area (Å²) < 4.78 is 4.96. The molecule has 0 amide bonds. The molecule has 0 fully saturated rings. The summed E-state index contributed by atoms with van der Waals surface area (Å²) in [4.78, 5) is 12.3. The van der Waals surface area contributed by atoms with Crippen molar-refractivity contribution in [1.29, 1.82) is 0 Å². The molecule has 13 heavy (non-hydrogen) atoms. The topological polar surface area (TPSA) is 26.3 Å². The summed E-state index contributed by atoms with van der Waals surface area (Å²) in [7, 11) is 0. The van der Waals surface area contributed by atoms with Crippen LogP contribution < -0.4 is 0 Å². The highest BCUT2D eigenvalue weighted by Crippen LogP contribution is 2.11. The first kappa shape index (κ1) is 10.3. The first-order valence-corrected chi connectivity index (χ1v) is 5.39. The Labute approximate surface area is 82.5 Å². The minimum Gasteiger partial charge on any atom is -0.466 e. The fourth-order valence-corrected chi connectivity index (χ4v) is 1.68. The lowest BCUT2D eigenvalue weighted by atomic mass is 10.3. The van der Waals surface area contributed by atoms with Gasteiger partial charge in [-0.1, -0.05) is 13.0 Å². The molecule has 0 radical (unpaired) electrons. The standard InChI is InChI=1S/C10H14O2S/c1-2-7-12-10(11)6-5-9-4-3-8-13-9/h3-4,8H,2,5-7H2,1H3. The fourth-order valence-electron chi connectivity index (χ4n) is 0.968. The van der Waals surface area contributed by atoms with E-state index in [1.807, 2.05) is 24.4 Å². The van der Waals surface area contributed by atoms with Gasteiger partial charge in [-0.15, -0.1) is 11.3 Å². The molecule has 0 aromatic carbocycles. The van der Waals surface area contributed by atoms with Gasteiger partial charge in [-0.25, -0.2) is 0 Å². The molecule has 0 unspecified atom stereocenters. The number of rotatable bonds is 5. The van der Waals surface area contributed by atoms with Crippen molar-refractivity contribution in [2.75, 3.05) is 6.61 Å². The zero-order valence-electron chi connectivity index (χ0n) is 7.79. The van der Waals surface area contributed by atoms with Crippen molar-refractivity contribution in [3.8, 4) is 0 Å². The number of ether oxygens (including phenoxy) is 1. The Morgan fingerprint density at radius 2 is 2.46 bits per heavy atom. The lowest BCUT2D eigenvalue weighted by molar-refractivity contribution is -0.143. The molecule has 0 aliphatic heterocycles. The molecule has 3 heteroatoms. The molecule has 0 bridgehead atoms. The van der Waals surface area contributed by atoms with Gasteiger partial charge in [0.1, 0.15) is 0 Å². The van der Waals surface area contributed by atoms with E-state index in [1.54, 1.807) is 11.3 Å². The zero-order valence-corrected chi connectivity index (χ0v) is 8.60. The van der Waals surface area contributed by atoms with E-state index in [0.717, 1.165) is 12.8 Å². The minimum absolute atomic E-state index is 0.0877. The third-order valence-electron chi connectivity index (χ3n) is 1.62. The van der Waals surface area contributed by atoms with Crippen LogP contribution >= 0.6 is 11.3 Å². The van der Waals surface area contributed by atoms with Gasteiger partial charge in [0.15, 0.2) is 0 Å². The van der Waals surface area contributed by atoms with Crippen LogP contribution in [0.5, 0.6) is 0 Å². The molecule has 0 atom stereocenters. The van der Waals surface area contributed by atoms with Gasteiger partial charge in [0.25, 0.3) is 0 Å². The SMILES string of the molecule is CCCOC(=O)CCc1cccs1. The van der Waals surface area contributed by atoms with Crippen LogP contribution in [0, 0.1) is 0 Å². The first-order chi connectivity index (χ1) is 6.33. The molecule has 1 rings (SSSR count). The molecular formula is C10H14O2S. The van der Waals surface area contributed by atoms with E-state index in [4.69, 9.17) is 4.74 Å². The quantitative estimate of drug-likeness (QED) is 0.680. The first-order valence-electron chi connectivity index (χ1n) is 4.51. The molecular weight excluding hydrogens is 184 g/mol. The fraction of sp³-hybridized carbons (Fsp3) is 0.500. The zero-order chi connectivity index (χ0) is 9.52. The number of hydrogen-bond donors (Lipinski definition) is 0. The van der Waals surface area contributed by atoms with Crippen molar-refractivity contribution in [2.45, 2.75) is 26.2 Å². The number of carbonyl (C=O) groups excluding carboxylic acids is 1. The molecule has 0 aliphatic carbocycles. The number of carbonyl (C=O) groups is 1. The van der Waals surface area contributed by atoms with Crippen LogP contribution in [0.1, 0.15) is 24.6 Å². The van der Waals surface area contributed by atoms with Gasteiger partial charge < -0.3 is 4.74 Å². The predicted molar refractivity (Wildman–Crippen MR) is 53.9 cm³/mol.